The molecule has 1 aliphatic rings. The van der Waals surface area contributed by atoms with Gasteiger partial charge in [0, 0.05) is 5.70 Å². The SMILES string of the molecule is C=C1NC(=S)N[C@H](c2ccc(OCCC)c(OCC)c2)[C@H]1C(=O)OC. The Labute approximate surface area is 153 Å². The molecule has 1 aromatic rings. The van der Waals surface area contributed by atoms with Crippen LogP contribution in [0.25, 0.3) is 0 Å². The van der Waals surface area contributed by atoms with Gasteiger partial charge in [0.2, 0.25) is 0 Å². The van der Waals surface area contributed by atoms with Crippen LogP contribution in [0.5, 0.6) is 11.5 Å². The molecule has 2 N–H and O–H groups in total. The third kappa shape index (κ3) is 4.42. The standard InChI is InChI=1S/C18H24N2O4S/c1-5-9-24-13-8-7-12(10-14(13)23-6-2)16-15(17(21)22-4)11(3)19-18(25)20-16/h7-8,10,15-16H,3,5-6,9H2,1-2,4H3,(H2,19,20,25)/t15-,16+/m0/s1. The normalized spacial score (nSPS) is 19.6. The molecule has 0 radical (unpaired) electrons. The van der Waals surface area contributed by atoms with Crippen LogP contribution in [-0.2, 0) is 9.53 Å². The van der Waals surface area contributed by atoms with Crippen molar-refractivity contribution >= 4 is 23.3 Å². The van der Waals surface area contributed by atoms with E-state index in [2.05, 4.69) is 17.2 Å². The summed E-state index contributed by atoms with van der Waals surface area (Å²) in [5.41, 5.74) is 1.34. The van der Waals surface area contributed by atoms with Crippen LogP contribution in [0, 0.1) is 5.92 Å². The van der Waals surface area contributed by atoms with Crippen molar-refractivity contribution in [1.29, 1.82) is 0 Å². The third-order valence-corrected chi connectivity index (χ3v) is 4.03. The van der Waals surface area contributed by atoms with Gasteiger partial charge in [-0.3, -0.25) is 4.79 Å². The number of rotatable bonds is 7. The van der Waals surface area contributed by atoms with Crippen molar-refractivity contribution < 1.29 is 19.0 Å². The van der Waals surface area contributed by atoms with Gasteiger partial charge in [0.05, 0.1) is 26.4 Å². The van der Waals surface area contributed by atoms with Crippen molar-refractivity contribution in [3.8, 4) is 11.5 Å². The van der Waals surface area contributed by atoms with Crippen LogP contribution < -0.4 is 20.1 Å². The van der Waals surface area contributed by atoms with Gasteiger partial charge >= 0.3 is 5.97 Å². The highest BCUT2D eigenvalue weighted by molar-refractivity contribution is 7.80. The highest BCUT2D eigenvalue weighted by atomic mass is 32.1. The number of nitrogens with one attached hydrogen (secondary N) is 2. The molecule has 6 nitrogen and oxygen atoms in total. The summed E-state index contributed by atoms with van der Waals surface area (Å²) in [6.07, 6.45) is 0.904. The molecule has 2 rings (SSSR count). The summed E-state index contributed by atoms with van der Waals surface area (Å²) in [6.45, 7) is 8.98. The Morgan fingerprint density at radius 1 is 1.28 bits per heavy atom. The average Bonchev–Trinajstić information content (AvgIpc) is 2.59. The number of hydrogen-bond acceptors (Lipinski definition) is 5. The maximum Gasteiger partial charge on any atom is 0.317 e. The summed E-state index contributed by atoms with van der Waals surface area (Å²) in [4.78, 5) is 12.2. The minimum Gasteiger partial charge on any atom is -0.490 e. The second-order valence-electron chi connectivity index (χ2n) is 5.59. The molecule has 0 bridgehead atoms. The molecule has 0 unspecified atom stereocenters. The zero-order valence-corrected chi connectivity index (χ0v) is 15.6. The first-order valence-corrected chi connectivity index (χ1v) is 8.66. The monoisotopic (exact) mass is 364 g/mol. The highest BCUT2D eigenvalue weighted by Crippen LogP contribution is 2.36. The number of benzene rings is 1. The zero-order valence-electron chi connectivity index (χ0n) is 14.8. The minimum atomic E-state index is -0.603. The first-order chi connectivity index (χ1) is 12.0. The van der Waals surface area contributed by atoms with Crippen LogP contribution in [0.3, 0.4) is 0 Å². The van der Waals surface area contributed by atoms with Crippen LogP contribution in [0.4, 0.5) is 0 Å². The molecule has 2 atom stereocenters. The lowest BCUT2D eigenvalue weighted by Gasteiger charge is -2.34. The summed E-state index contributed by atoms with van der Waals surface area (Å²) in [7, 11) is 1.35. The van der Waals surface area contributed by atoms with Crippen molar-refractivity contribution in [3.05, 3.63) is 36.0 Å². The highest BCUT2D eigenvalue weighted by Gasteiger charge is 2.37. The van der Waals surface area contributed by atoms with E-state index in [1.165, 1.54) is 7.11 Å². The number of thiocarbonyl (C=S) groups is 1. The second kappa shape index (κ2) is 8.71. The lowest BCUT2D eigenvalue weighted by molar-refractivity contribution is -0.145. The van der Waals surface area contributed by atoms with E-state index in [0.717, 1.165) is 12.0 Å². The van der Waals surface area contributed by atoms with Crippen LogP contribution >= 0.6 is 12.2 Å². The van der Waals surface area contributed by atoms with Gasteiger partial charge in [0.15, 0.2) is 16.6 Å². The topological polar surface area (TPSA) is 68.8 Å². The molecular formula is C18H24N2O4S. The van der Waals surface area contributed by atoms with Crippen molar-refractivity contribution in [1.82, 2.24) is 10.6 Å². The smallest absolute Gasteiger partial charge is 0.317 e. The Hall–Kier alpha value is -2.28. The molecule has 1 aliphatic heterocycles. The Bertz CT molecular complexity index is 662. The fourth-order valence-corrected chi connectivity index (χ4v) is 2.94. The Balaban J connectivity index is 2.38. The van der Waals surface area contributed by atoms with Gasteiger partial charge in [-0.2, -0.15) is 0 Å². The van der Waals surface area contributed by atoms with E-state index in [9.17, 15) is 4.79 Å². The minimum absolute atomic E-state index is 0.387. The molecular weight excluding hydrogens is 340 g/mol. The molecule has 1 heterocycles. The molecule has 1 saturated heterocycles. The van der Waals surface area contributed by atoms with Crippen molar-refractivity contribution in [3.63, 3.8) is 0 Å². The zero-order chi connectivity index (χ0) is 18.4. The largest absolute Gasteiger partial charge is 0.490 e. The van der Waals surface area contributed by atoms with Crippen LogP contribution in [-0.4, -0.2) is 31.4 Å². The van der Waals surface area contributed by atoms with E-state index >= 15 is 0 Å². The quantitative estimate of drug-likeness (QED) is 0.569. The molecule has 1 aromatic carbocycles. The third-order valence-electron chi connectivity index (χ3n) is 3.81. The Morgan fingerprint density at radius 3 is 2.68 bits per heavy atom. The number of carbonyl (C=O) groups is 1. The van der Waals surface area contributed by atoms with E-state index in [1.807, 2.05) is 32.0 Å². The van der Waals surface area contributed by atoms with Gasteiger partial charge in [-0.05, 0) is 43.3 Å². The fourth-order valence-electron chi connectivity index (χ4n) is 2.68. The first kappa shape index (κ1) is 19.1. The molecule has 0 saturated carbocycles. The Morgan fingerprint density at radius 2 is 2.04 bits per heavy atom. The summed E-state index contributed by atoms with van der Waals surface area (Å²) in [5.74, 6) is 0.321. The summed E-state index contributed by atoms with van der Waals surface area (Å²) >= 11 is 5.21. The maximum absolute atomic E-state index is 12.2. The van der Waals surface area contributed by atoms with Gasteiger partial charge in [-0.15, -0.1) is 0 Å². The van der Waals surface area contributed by atoms with Crippen LogP contribution in [0.15, 0.2) is 30.5 Å². The molecule has 0 aliphatic carbocycles. The Kier molecular flexibility index (Phi) is 6.64. The molecule has 0 amide bonds. The van der Waals surface area contributed by atoms with Crippen LogP contribution in [0.2, 0.25) is 0 Å². The fraction of sp³-hybridized carbons (Fsp3) is 0.444. The van der Waals surface area contributed by atoms with Gasteiger partial charge < -0.3 is 24.8 Å². The molecule has 136 valence electrons. The maximum atomic E-state index is 12.2. The number of methoxy groups -OCH3 is 1. The average molecular weight is 364 g/mol. The van der Waals surface area contributed by atoms with E-state index in [0.29, 0.717) is 35.5 Å². The van der Waals surface area contributed by atoms with Crippen molar-refractivity contribution in [2.24, 2.45) is 5.92 Å². The lowest BCUT2D eigenvalue weighted by atomic mass is 9.89. The second-order valence-corrected chi connectivity index (χ2v) is 6.00. The number of carbonyl (C=O) groups excluding carboxylic acids is 1. The summed E-state index contributed by atoms with van der Waals surface area (Å²) < 4.78 is 16.4. The number of hydrogen-bond donors (Lipinski definition) is 2. The van der Waals surface area contributed by atoms with Crippen molar-refractivity contribution in [2.75, 3.05) is 20.3 Å². The lowest BCUT2D eigenvalue weighted by Crippen LogP contribution is -2.50. The summed E-state index contributed by atoms with van der Waals surface area (Å²) in [5, 5.41) is 6.43. The molecule has 1 fully saturated rings. The predicted octanol–water partition coefficient (Wildman–Crippen LogP) is 2.70. The van der Waals surface area contributed by atoms with Crippen molar-refractivity contribution in [2.45, 2.75) is 26.3 Å². The van der Waals surface area contributed by atoms with E-state index in [4.69, 9.17) is 26.4 Å². The van der Waals surface area contributed by atoms with E-state index in [1.54, 1.807) is 0 Å². The van der Waals surface area contributed by atoms with Gasteiger partial charge in [-0.1, -0.05) is 19.6 Å². The summed E-state index contributed by atoms with van der Waals surface area (Å²) in [6, 6.07) is 5.21. The van der Waals surface area contributed by atoms with E-state index in [-0.39, 0.29) is 5.97 Å². The van der Waals surface area contributed by atoms with Gasteiger partial charge in [-0.25, -0.2) is 0 Å². The number of esters is 1. The molecule has 0 spiro atoms. The predicted molar refractivity (Wildman–Crippen MR) is 99.7 cm³/mol. The van der Waals surface area contributed by atoms with Gasteiger partial charge in [0.1, 0.15) is 5.92 Å². The van der Waals surface area contributed by atoms with E-state index < -0.39 is 12.0 Å². The van der Waals surface area contributed by atoms with Crippen LogP contribution in [0.1, 0.15) is 31.9 Å². The molecule has 7 heteroatoms. The first-order valence-electron chi connectivity index (χ1n) is 8.25. The molecule has 0 aromatic heterocycles. The number of ether oxygens (including phenoxy) is 3. The van der Waals surface area contributed by atoms with Gasteiger partial charge in [0.25, 0.3) is 0 Å². The molecule has 25 heavy (non-hydrogen) atoms.